The Balaban J connectivity index is 1.93. The van der Waals surface area contributed by atoms with Crippen molar-refractivity contribution in [2.45, 2.75) is 32.5 Å². The van der Waals surface area contributed by atoms with Gasteiger partial charge in [0.25, 0.3) is 0 Å². The van der Waals surface area contributed by atoms with E-state index in [0.717, 1.165) is 26.1 Å². The van der Waals surface area contributed by atoms with Crippen LogP contribution in [0.5, 0.6) is 0 Å². The molecule has 1 aromatic heterocycles. The average Bonchev–Trinajstić information content (AvgIpc) is 2.99. The number of aliphatic hydroxyl groups excluding tert-OH is 1. The summed E-state index contributed by atoms with van der Waals surface area (Å²) in [5.74, 6) is 0. The normalized spacial score (nSPS) is 12.8. The molecule has 108 valence electrons. The maximum Gasteiger partial charge on any atom is 0.0946 e. The van der Waals surface area contributed by atoms with Gasteiger partial charge in [0, 0.05) is 38.6 Å². The zero-order chi connectivity index (χ0) is 14.2. The first-order valence-electron chi connectivity index (χ1n) is 7.18. The maximum absolute atomic E-state index is 9.90. The smallest absolute Gasteiger partial charge is 0.0946 e. The Morgan fingerprint density at radius 1 is 1.30 bits per heavy atom. The van der Waals surface area contributed by atoms with E-state index in [1.54, 1.807) is 6.20 Å². The lowest BCUT2D eigenvalue weighted by molar-refractivity contribution is 0.103. The number of hydrogen-bond donors (Lipinski definition) is 1. The topological polar surface area (TPSA) is 41.3 Å². The lowest BCUT2D eigenvalue weighted by Gasteiger charge is -2.25. The van der Waals surface area contributed by atoms with Crippen LogP contribution in [0.1, 0.15) is 18.9 Å². The van der Waals surface area contributed by atoms with Crippen LogP contribution in [0.3, 0.4) is 0 Å². The van der Waals surface area contributed by atoms with Gasteiger partial charge in [-0.25, -0.2) is 4.98 Å². The molecular formula is C16H23N3O. The van der Waals surface area contributed by atoms with E-state index in [1.165, 1.54) is 5.56 Å². The van der Waals surface area contributed by atoms with Crippen molar-refractivity contribution in [2.24, 2.45) is 0 Å². The summed E-state index contributed by atoms with van der Waals surface area (Å²) in [6.07, 6.45) is 6.12. The van der Waals surface area contributed by atoms with E-state index in [0.29, 0.717) is 6.54 Å². The van der Waals surface area contributed by atoms with E-state index < -0.39 is 0 Å². The second-order valence-electron chi connectivity index (χ2n) is 5.08. The third-order valence-electron chi connectivity index (χ3n) is 3.42. The van der Waals surface area contributed by atoms with Gasteiger partial charge in [-0.1, -0.05) is 37.3 Å². The van der Waals surface area contributed by atoms with Gasteiger partial charge in [-0.3, -0.25) is 4.90 Å². The molecule has 1 N–H and O–H groups in total. The van der Waals surface area contributed by atoms with Crippen LogP contribution < -0.4 is 0 Å². The van der Waals surface area contributed by atoms with Crippen LogP contribution >= 0.6 is 0 Å². The van der Waals surface area contributed by atoms with E-state index >= 15 is 0 Å². The minimum atomic E-state index is -0.263. The number of aliphatic hydroxyl groups is 1. The maximum atomic E-state index is 9.90. The van der Waals surface area contributed by atoms with Crippen molar-refractivity contribution in [3.63, 3.8) is 0 Å². The highest BCUT2D eigenvalue weighted by Gasteiger charge is 2.11. The van der Waals surface area contributed by atoms with Crippen LogP contribution in [0.15, 0.2) is 49.1 Å². The Labute approximate surface area is 120 Å². The van der Waals surface area contributed by atoms with E-state index in [-0.39, 0.29) is 6.10 Å². The van der Waals surface area contributed by atoms with Crippen LogP contribution in [0.4, 0.5) is 0 Å². The quantitative estimate of drug-likeness (QED) is 0.801. The number of benzene rings is 1. The lowest BCUT2D eigenvalue weighted by atomic mass is 10.2. The van der Waals surface area contributed by atoms with Gasteiger partial charge in [-0.2, -0.15) is 0 Å². The Morgan fingerprint density at radius 3 is 2.75 bits per heavy atom. The number of imidazole rings is 1. The highest BCUT2D eigenvalue weighted by Crippen LogP contribution is 2.07. The molecule has 0 aliphatic heterocycles. The second kappa shape index (κ2) is 7.82. The zero-order valence-electron chi connectivity index (χ0n) is 12.0. The molecule has 1 aromatic carbocycles. The van der Waals surface area contributed by atoms with Crippen molar-refractivity contribution in [1.82, 2.24) is 14.5 Å². The van der Waals surface area contributed by atoms with Crippen molar-refractivity contribution >= 4 is 0 Å². The molecule has 0 aliphatic rings. The van der Waals surface area contributed by atoms with Crippen LogP contribution in [-0.4, -0.2) is 38.8 Å². The standard InChI is InChI=1S/C16H23N3O/c1-2-16(20)13-19(11-10-18-9-8-17-14-18)12-15-6-4-3-5-7-15/h3-9,14,16,20H,2,10-13H2,1H3. The van der Waals surface area contributed by atoms with Crippen molar-refractivity contribution in [1.29, 1.82) is 0 Å². The van der Waals surface area contributed by atoms with Crippen molar-refractivity contribution in [3.8, 4) is 0 Å². The summed E-state index contributed by atoms with van der Waals surface area (Å²) in [7, 11) is 0. The SMILES string of the molecule is CCC(O)CN(CCn1ccnc1)Cc1ccccc1. The largest absolute Gasteiger partial charge is 0.392 e. The molecule has 1 unspecified atom stereocenters. The van der Waals surface area contributed by atoms with Gasteiger partial charge in [0.1, 0.15) is 0 Å². The predicted octanol–water partition coefficient (Wildman–Crippen LogP) is 2.16. The Kier molecular flexibility index (Phi) is 5.77. The molecule has 4 heteroatoms. The minimum Gasteiger partial charge on any atom is -0.392 e. The van der Waals surface area contributed by atoms with Crippen molar-refractivity contribution in [2.75, 3.05) is 13.1 Å². The van der Waals surface area contributed by atoms with Crippen molar-refractivity contribution in [3.05, 3.63) is 54.6 Å². The van der Waals surface area contributed by atoms with Crippen LogP contribution in [0.2, 0.25) is 0 Å². The minimum absolute atomic E-state index is 0.263. The number of nitrogens with zero attached hydrogens (tertiary/aromatic N) is 3. The number of aromatic nitrogens is 2. The summed E-state index contributed by atoms with van der Waals surface area (Å²) in [6, 6.07) is 10.4. The highest BCUT2D eigenvalue weighted by molar-refractivity contribution is 5.14. The van der Waals surface area contributed by atoms with E-state index in [1.807, 2.05) is 25.5 Å². The Morgan fingerprint density at radius 2 is 2.10 bits per heavy atom. The van der Waals surface area contributed by atoms with Crippen LogP contribution in [-0.2, 0) is 13.1 Å². The first kappa shape index (κ1) is 14.8. The molecule has 0 fully saturated rings. The van der Waals surface area contributed by atoms with Gasteiger partial charge in [0.2, 0.25) is 0 Å². The zero-order valence-corrected chi connectivity index (χ0v) is 12.0. The summed E-state index contributed by atoms with van der Waals surface area (Å²) in [4.78, 5) is 6.35. The molecule has 0 saturated heterocycles. The van der Waals surface area contributed by atoms with Gasteiger partial charge in [0.05, 0.1) is 12.4 Å². The fourth-order valence-corrected chi connectivity index (χ4v) is 2.18. The molecule has 0 radical (unpaired) electrons. The van der Waals surface area contributed by atoms with Gasteiger partial charge >= 0.3 is 0 Å². The summed E-state index contributed by atoms with van der Waals surface area (Å²) < 4.78 is 2.07. The van der Waals surface area contributed by atoms with Crippen molar-refractivity contribution < 1.29 is 5.11 Å². The van der Waals surface area contributed by atoms with E-state index in [4.69, 9.17) is 0 Å². The number of rotatable bonds is 8. The molecule has 2 rings (SSSR count). The lowest BCUT2D eigenvalue weighted by Crippen LogP contribution is -2.34. The molecule has 20 heavy (non-hydrogen) atoms. The van der Waals surface area contributed by atoms with Crippen LogP contribution in [0.25, 0.3) is 0 Å². The predicted molar refractivity (Wildman–Crippen MR) is 80.2 cm³/mol. The molecule has 1 atom stereocenters. The molecule has 4 nitrogen and oxygen atoms in total. The fourth-order valence-electron chi connectivity index (χ4n) is 2.18. The molecule has 0 amide bonds. The third kappa shape index (κ3) is 4.79. The van der Waals surface area contributed by atoms with Gasteiger partial charge in [-0.15, -0.1) is 0 Å². The molecule has 0 saturated carbocycles. The summed E-state index contributed by atoms with van der Waals surface area (Å²) in [5.41, 5.74) is 1.28. The first-order chi connectivity index (χ1) is 9.78. The average molecular weight is 273 g/mol. The monoisotopic (exact) mass is 273 g/mol. The molecule has 0 spiro atoms. The molecule has 1 heterocycles. The number of hydrogen-bond acceptors (Lipinski definition) is 3. The Hall–Kier alpha value is -1.65. The summed E-state index contributed by atoms with van der Waals surface area (Å²) in [6.45, 7) is 5.39. The molecule has 2 aromatic rings. The van der Waals surface area contributed by atoms with Gasteiger partial charge < -0.3 is 9.67 Å². The molecule has 0 aliphatic carbocycles. The second-order valence-corrected chi connectivity index (χ2v) is 5.08. The molecular weight excluding hydrogens is 250 g/mol. The first-order valence-corrected chi connectivity index (χ1v) is 7.18. The summed E-state index contributed by atoms with van der Waals surface area (Å²) in [5, 5.41) is 9.90. The molecule has 0 bridgehead atoms. The van der Waals surface area contributed by atoms with Gasteiger partial charge in [-0.05, 0) is 12.0 Å². The fraction of sp³-hybridized carbons (Fsp3) is 0.438. The van der Waals surface area contributed by atoms with E-state index in [2.05, 4.69) is 38.7 Å². The third-order valence-corrected chi connectivity index (χ3v) is 3.42. The Bertz CT molecular complexity index is 470. The van der Waals surface area contributed by atoms with E-state index in [9.17, 15) is 5.11 Å². The highest BCUT2D eigenvalue weighted by atomic mass is 16.3. The summed E-state index contributed by atoms with van der Waals surface area (Å²) >= 11 is 0. The van der Waals surface area contributed by atoms with Gasteiger partial charge in [0.15, 0.2) is 0 Å². The van der Waals surface area contributed by atoms with Crippen LogP contribution in [0, 0.1) is 0 Å².